The summed E-state index contributed by atoms with van der Waals surface area (Å²) in [5.41, 5.74) is -0.216. The molecule has 94 valence electrons. The Bertz CT molecular complexity index is 435. The van der Waals surface area contributed by atoms with Crippen LogP contribution < -0.4 is 10.3 Å². The number of aromatic nitrogens is 2. The Kier molecular flexibility index (Phi) is 4.17. The largest absolute Gasteiger partial charge is 0.475 e. The van der Waals surface area contributed by atoms with Gasteiger partial charge in [0.2, 0.25) is 5.88 Å². The molecule has 0 aliphatic carbocycles. The van der Waals surface area contributed by atoms with Crippen molar-refractivity contribution in [2.24, 2.45) is 0 Å². The highest BCUT2D eigenvalue weighted by atomic mass is 79.9. The smallest absolute Gasteiger partial charge is 0.268 e. The molecule has 2 heterocycles. The summed E-state index contributed by atoms with van der Waals surface area (Å²) >= 11 is 3.18. The van der Waals surface area contributed by atoms with Crippen LogP contribution in [-0.2, 0) is 0 Å². The maximum Gasteiger partial charge on any atom is 0.268 e. The van der Waals surface area contributed by atoms with E-state index in [-0.39, 0.29) is 5.56 Å². The van der Waals surface area contributed by atoms with Crippen molar-refractivity contribution in [3.05, 3.63) is 21.2 Å². The number of rotatable bonds is 3. The zero-order chi connectivity index (χ0) is 12.3. The number of nitrogens with one attached hydrogen (secondary N) is 1. The van der Waals surface area contributed by atoms with E-state index < -0.39 is 0 Å². The van der Waals surface area contributed by atoms with Crippen LogP contribution >= 0.6 is 15.9 Å². The number of piperidine rings is 1. The molecule has 6 heteroatoms. The van der Waals surface area contributed by atoms with Gasteiger partial charge in [-0.2, -0.15) is 0 Å². The van der Waals surface area contributed by atoms with E-state index in [1.54, 1.807) is 0 Å². The molecule has 5 nitrogen and oxygen atoms in total. The van der Waals surface area contributed by atoms with E-state index in [0.717, 1.165) is 13.0 Å². The molecule has 1 aliphatic rings. The first-order chi connectivity index (χ1) is 8.18. The number of halogens is 1. The number of nitrogens with zero attached hydrogens (tertiary/aromatic N) is 2. The summed E-state index contributed by atoms with van der Waals surface area (Å²) in [5, 5.41) is 0. The van der Waals surface area contributed by atoms with Crippen molar-refractivity contribution in [3.8, 4) is 5.88 Å². The number of aromatic amines is 1. The average molecular weight is 302 g/mol. The van der Waals surface area contributed by atoms with Gasteiger partial charge < -0.3 is 14.6 Å². The third kappa shape index (κ3) is 3.07. The molecule has 2 rings (SSSR count). The van der Waals surface area contributed by atoms with E-state index in [9.17, 15) is 4.79 Å². The van der Waals surface area contributed by atoms with Gasteiger partial charge in [-0.1, -0.05) is 6.42 Å². The Balaban J connectivity index is 1.97. The van der Waals surface area contributed by atoms with Crippen molar-refractivity contribution in [1.82, 2.24) is 14.9 Å². The highest BCUT2D eigenvalue weighted by Gasteiger charge is 2.20. The second kappa shape index (κ2) is 5.64. The number of H-pyrrole nitrogens is 1. The molecule has 0 radical (unpaired) electrons. The lowest BCUT2D eigenvalue weighted by Crippen LogP contribution is -2.40. The molecule has 1 aromatic rings. The van der Waals surface area contributed by atoms with Gasteiger partial charge in [-0.3, -0.25) is 4.79 Å². The zero-order valence-electron chi connectivity index (χ0n) is 9.78. The fraction of sp³-hybridized carbons (Fsp3) is 0.636. The summed E-state index contributed by atoms with van der Waals surface area (Å²) in [6, 6.07) is 0.414. The molecule has 1 fully saturated rings. The van der Waals surface area contributed by atoms with E-state index in [0.29, 0.717) is 23.0 Å². The van der Waals surface area contributed by atoms with Crippen LogP contribution in [0.2, 0.25) is 0 Å². The molecule has 1 atom stereocenters. The zero-order valence-corrected chi connectivity index (χ0v) is 11.4. The Morgan fingerprint density at radius 1 is 1.65 bits per heavy atom. The quantitative estimate of drug-likeness (QED) is 0.917. The van der Waals surface area contributed by atoms with Gasteiger partial charge >= 0.3 is 0 Å². The fourth-order valence-electron chi connectivity index (χ4n) is 2.00. The van der Waals surface area contributed by atoms with Crippen molar-refractivity contribution < 1.29 is 4.74 Å². The minimum absolute atomic E-state index is 0.216. The molecule has 0 saturated carbocycles. The van der Waals surface area contributed by atoms with E-state index in [1.165, 1.54) is 19.2 Å². The maximum atomic E-state index is 11.3. The summed E-state index contributed by atoms with van der Waals surface area (Å²) in [5.74, 6) is 0.368. The maximum absolute atomic E-state index is 11.3. The third-order valence-electron chi connectivity index (χ3n) is 3.10. The highest BCUT2D eigenvalue weighted by molar-refractivity contribution is 9.10. The molecule has 1 unspecified atom stereocenters. The van der Waals surface area contributed by atoms with E-state index >= 15 is 0 Å². The topological polar surface area (TPSA) is 58.2 Å². The Hall–Kier alpha value is -0.880. The third-order valence-corrected chi connectivity index (χ3v) is 3.80. The summed E-state index contributed by atoms with van der Waals surface area (Å²) in [6.07, 6.45) is 4.98. The first-order valence-electron chi connectivity index (χ1n) is 5.74. The van der Waals surface area contributed by atoms with Gasteiger partial charge in [0, 0.05) is 6.04 Å². The normalized spacial score (nSPS) is 21.4. The van der Waals surface area contributed by atoms with Crippen LogP contribution in [0.4, 0.5) is 0 Å². The Morgan fingerprint density at radius 3 is 3.24 bits per heavy atom. The number of likely N-dealkylation sites (N-methyl/N-ethyl adjacent to an activating group) is 1. The summed E-state index contributed by atoms with van der Waals surface area (Å²) in [4.78, 5) is 20.1. The van der Waals surface area contributed by atoms with Gasteiger partial charge in [-0.05, 0) is 42.4 Å². The lowest BCUT2D eigenvalue weighted by atomic mass is 10.0. The highest BCUT2D eigenvalue weighted by Crippen LogP contribution is 2.19. The first-order valence-corrected chi connectivity index (χ1v) is 6.54. The summed E-state index contributed by atoms with van der Waals surface area (Å²) in [7, 11) is 2.10. The van der Waals surface area contributed by atoms with Gasteiger partial charge in [0.15, 0.2) is 0 Å². The van der Waals surface area contributed by atoms with Crippen molar-refractivity contribution >= 4 is 15.9 Å². The van der Waals surface area contributed by atoms with Gasteiger partial charge in [-0.25, -0.2) is 4.98 Å². The predicted molar refractivity (Wildman–Crippen MR) is 68.3 cm³/mol. The standard InChI is InChI=1S/C11H16BrN3O2/c1-15-5-3-2-4-8(15)6-17-11-9(12)10(16)13-7-14-11/h7-8H,2-6H2,1H3,(H,13,14,16). The number of hydrogen-bond donors (Lipinski definition) is 1. The van der Waals surface area contributed by atoms with Gasteiger partial charge in [0.25, 0.3) is 5.56 Å². The molecule has 1 aliphatic heterocycles. The summed E-state index contributed by atoms with van der Waals surface area (Å²) in [6.45, 7) is 1.68. The van der Waals surface area contributed by atoms with Gasteiger partial charge in [-0.15, -0.1) is 0 Å². The lowest BCUT2D eigenvalue weighted by molar-refractivity contribution is 0.122. The van der Waals surface area contributed by atoms with Crippen molar-refractivity contribution in [1.29, 1.82) is 0 Å². The van der Waals surface area contributed by atoms with Crippen molar-refractivity contribution in [2.75, 3.05) is 20.2 Å². The van der Waals surface area contributed by atoms with Crippen LogP contribution in [-0.4, -0.2) is 41.1 Å². The SMILES string of the molecule is CN1CCCCC1COc1nc[nH]c(=O)c1Br. The molecule has 17 heavy (non-hydrogen) atoms. The number of likely N-dealkylation sites (tertiary alicyclic amines) is 1. The molecule has 1 aromatic heterocycles. The predicted octanol–water partition coefficient (Wildman–Crippen LogP) is 1.40. The monoisotopic (exact) mass is 301 g/mol. The minimum atomic E-state index is -0.216. The van der Waals surface area contributed by atoms with Crippen LogP contribution in [0.15, 0.2) is 15.6 Å². The minimum Gasteiger partial charge on any atom is -0.475 e. The molecular formula is C11H16BrN3O2. The number of ether oxygens (including phenoxy) is 1. The average Bonchev–Trinajstić information content (AvgIpc) is 2.33. The molecule has 0 bridgehead atoms. The van der Waals surface area contributed by atoms with Gasteiger partial charge in [0.1, 0.15) is 11.1 Å². The Morgan fingerprint density at radius 2 is 2.47 bits per heavy atom. The molecule has 1 N–H and O–H groups in total. The molecule has 1 saturated heterocycles. The van der Waals surface area contributed by atoms with Crippen LogP contribution in [0.3, 0.4) is 0 Å². The first kappa shape index (κ1) is 12.6. The lowest BCUT2D eigenvalue weighted by Gasteiger charge is -2.31. The van der Waals surface area contributed by atoms with E-state index in [1.807, 2.05) is 0 Å². The fourth-order valence-corrected chi connectivity index (χ4v) is 2.33. The van der Waals surface area contributed by atoms with Gasteiger partial charge in [0.05, 0.1) is 6.33 Å². The van der Waals surface area contributed by atoms with Crippen molar-refractivity contribution in [2.45, 2.75) is 25.3 Å². The molecular weight excluding hydrogens is 286 g/mol. The molecule has 0 aromatic carbocycles. The van der Waals surface area contributed by atoms with E-state index in [4.69, 9.17) is 4.74 Å². The van der Waals surface area contributed by atoms with Crippen LogP contribution in [0.5, 0.6) is 5.88 Å². The Labute approximate surface area is 108 Å². The molecule has 0 amide bonds. The molecule has 0 spiro atoms. The second-order valence-corrected chi connectivity index (χ2v) is 5.09. The van der Waals surface area contributed by atoms with Crippen molar-refractivity contribution in [3.63, 3.8) is 0 Å². The van der Waals surface area contributed by atoms with Crippen LogP contribution in [0.1, 0.15) is 19.3 Å². The van der Waals surface area contributed by atoms with Crippen LogP contribution in [0, 0.1) is 0 Å². The van der Waals surface area contributed by atoms with Crippen LogP contribution in [0.25, 0.3) is 0 Å². The summed E-state index contributed by atoms with van der Waals surface area (Å²) < 4.78 is 5.97. The second-order valence-electron chi connectivity index (χ2n) is 4.29. The van der Waals surface area contributed by atoms with E-state index in [2.05, 4.69) is 37.8 Å². The number of hydrogen-bond acceptors (Lipinski definition) is 4.